The number of carbonyl (C=O) groups excluding carboxylic acids is 3. The number of benzene rings is 1. The third-order valence-electron chi connectivity index (χ3n) is 3.78. The molecule has 0 bridgehead atoms. The SMILES string of the molecule is CCN1C(=O)C(NC(=O)OC(C)(C)C)C(=O)N(CC)c2ccccc21. The van der Waals surface area contributed by atoms with E-state index in [4.69, 9.17) is 4.74 Å². The maximum atomic E-state index is 12.9. The molecule has 0 saturated carbocycles. The van der Waals surface area contributed by atoms with E-state index in [1.165, 1.54) is 9.80 Å². The number of hydrogen-bond acceptors (Lipinski definition) is 4. The summed E-state index contributed by atoms with van der Waals surface area (Å²) in [5.74, 6) is -0.941. The normalized spacial score (nSPS) is 15.7. The van der Waals surface area contributed by atoms with Gasteiger partial charge >= 0.3 is 6.09 Å². The van der Waals surface area contributed by atoms with E-state index in [1.807, 2.05) is 26.0 Å². The van der Waals surface area contributed by atoms with Crippen LogP contribution in [0.4, 0.5) is 16.2 Å². The van der Waals surface area contributed by atoms with E-state index in [9.17, 15) is 14.4 Å². The molecule has 1 aliphatic rings. The van der Waals surface area contributed by atoms with Crippen molar-refractivity contribution in [2.45, 2.75) is 46.3 Å². The summed E-state index contributed by atoms with van der Waals surface area (Å²) in [5.41, 5.74) is 0.580. The highest BCUT2D eigenvalue weighted by Crippen LogP contribution is 2.32. The number of likely N-dealkylation sites (N-methyl/N-ethyl adjacent to an activating group) is 2. The molecule has 1 aromatic carbocycles. The van der Waals surface area contributed by atoms with Crippen LogP contribution in [-0.4, -0.2) is 42.6 Å². The van der Waals surface area contributed by atoms with Gasteiger partial charge in [0.05, 0.1) is 11.4 Å². The second kappa shape index (κ2) is 7.13. The van der Waals surface area contributed by atoms with Gasteiger partial charge in [0.2, 0.25) is 0 Å². The topological polar surface area (TPSA) is 79.0 Å². The fraction of sp³-hybridized carbons (Fsp3) is 0.500. The highest BCUT2D eigenvalue weighted by atomic mass is 16.6. The van der Waals surface area contributed by atoms with Crippen molar-refractivity contribution in [2.75, 3.05) is 22.9 Å². The molecule has 3 amide bonds. The monoisotopic (exact) mass is 347 g/mol. The fourth-order valence-corrected chi connectivity index (χ4v) is 2.78. The molecule has 1 aromatic rings. The van der Waals surface area contributed by atoms with Crippen LogP contribution in [0.15, 0.2) is 24.3 Å². The van der Waals surface area contributed by atoms with Crippen molar-refractivity contribution in [1.29, 1.82) is 0 Å². The first-order valence-corrected chi connectivity index (χ1v) is 8.41. The first-order valence-electron chi connectivity index (χ1n) is 8.41. The summed E-state index contributed by atoms with van der Waals surface area (Å²) < 4.78 is 5.20. The van der Waals surface area contributed by atoms with E-state index >= 15 is 0 Å². The van der Waals surface area contributed by atoms with Gasteiger partial charge in [-0.2, -0.15) is 0 Å². The van der Waals surface area contributed by atoms with Gasteiger partial charge in [0.25, 0.3) is 11.8 Å². The largest absolute Gasteiger partial charge is 0.444 e. The number of amides is 3. The van der Waals surface area contributed by atoms with Gasteiger partial charge in [-0.25, -0.2) is 4.79 Å². The Morgan fingerprint density at radius 1 is 1.04 bits per heavy atom. The molecule has 7 nitrogen and oxygen atoms in total. The molecule has 7 heteroatoms. The lowest BCUT2D eigenvalue weighted by Crippen LogP contribution is -2.56. The van der Waals surface area contributed by atoms with Gasteiger partial charge in [-0.1, -0.05) is 12.1 Å². The number of para-hydroxylation sites is 2. The number of hydrogen-bond donors (Lipinski definition) is 1. The summed E-state index contributed by atoms with van der Waals surface area (Å²) >= 11 is 0. The fourth-order valence-electron chi connectivity index (χ4n) is 2.78. The van der Waals surface area contributed by atoms with E-state index in [1.54, 1.807) is 32.9 Å². The van der Waals surface area contributed by atoms with Crippen molar-refractivity contribution in [3.63, 3.8) is 0 Å². The van der Waals surface area contributed by atoms with E-state index in [2.05, 4.69) is 5.32 Å². The maximum Gasteiger partial charge on any atom is 0.408 e. The van der Waals surface area contributed by atoms with E-state index in [0.29, 0.717) is 24.5 Å². The zero-order valence-corrected chi connectivity index (χ0v) is 15.3. The second-order valence-corrected chi connectivity index (χ2v) is 6.73. The van der Waals surface area contributed by atoms with Crippen LogP contribution in [0.25, 0.3) is 0 Å². The van der Waals surface area contributed by atoms with Gasteiger partial charge in [-0.3, -0.25) is 9.59 Å². The van der Waals surface area contributed by atoms with Crippen LogP contribution in [0.5, 0.6) is 0 Å². The van der Waals surface area contributed by atoms with E-state index in [0.717, 1.165) is 0 Å². The Balaban J connectivity index is 2.41. The number of nitrogens with one attached hydrogen (secondary N) is 1. The predicted octanol–water partition coefficient (Wildman–Crippen LogP) is 2.30. The second-order valence-electron chi connectivity index (χ2n) is 6.73. The Hall–Kier alpha value is -2.57. The van der Waals surface area contributed by atoms with Gasteiger partial charge in [0.1, 0.15) is 5.60 Å². The molecule has 0 radical (unpaired) electrons. The van der Waals surface area contributed by atoms with Crippen LogP contribution in [0.3, 0.4) is 0 Å². The van der Waals surface area contributed by atoms with Gasteiger partial charge in [-0.15, -0.1) is 0 Å². The summed E-state index contributed by atoms with van der Waals surface area (Å²) in [7, 11) is 0. The molecule has 2 rings (SSSR count). The lowest BCUT2D eigenvalue weighted by molar-refractivity contribution is -0.129. The molecule has 25 heavy (non-hydrogen) atoms. The third-order valence-corrected chi connectivity index (χ3v) is 3.78. The molecule has 0 spiro atoms. The Morgan fingerprint density at radius 2 is 1.48 bits per heavy atom. The minimum atomic E-state index is -1.32. The van der Waals surface area contributed by atoms with Crippen LogP contribution < -0.4 is 15.1 Å². The van der Waals surface area contributed by atoms with Crippen molar-refractivity contribution in [3.05, 3.63) is 24.3 Å². The molecule has 0 aromatic heterocycles. The number of ether oxygens (including phenoxy) is 1. The first kappa shape index (κ1) is 18.8. The standard InChI is InChI=1S/C18H25N3O4/c1-6-20-12-10-8-9-11-13(12)21(7-2)16(23)14(15(20)22)19-17(24)25-18(3,4)5/h8-11,14H,6-7H2,1-5H3,(H,19,24). The number of alkyl carbamates (subject to hydrolysis) is 1. The highest BCUT2D eigenvalue weighted by Gasteiger charge is 2.40. The van der Waals surface area contributed by atoms with Crippen molar-refractivity contribution >= 4 is 29.3 Å². The molecule has 0 aliphatic carbocycles. The molecule has 0 saturated heterocycles. The van der Waals surface area contributed by atoms with Gasteiger partial charge < -0.3 is 19.9 Å². The minimum Gasteiger partial charge on any atom is -0.444 e. The summed E-state index contributed by atoms with van der Waals surface area (Å²) in [4.78, 5) is 41.0. The maximum absolute atomic E-state index is 12.9. The van der Waals surface area contributed by atoms with Crippen LogP contribution in [0.2, 0.25) is 0 Å². The predicted molar refractivity (Wildman–Crippen MR) is 95.7 cm³/mol. The summed E-state index contributed by atoms with van der Waals surface area (Å²) in [6.07, 6.45) is -0.794. The van der Waals surface area contributed by atoms with Crippen molar-refractivity contribution in [2.24, 2.45) is 0 Å². The average Bonchev–Trinajstić information content (AvgIpc) is 2.60. The number of rotatable bonds is 3. The zero-order valence-electron chi connectivity index (χ0n) is 15.3. The molecular formula is C18H25N3O4. The Labute approximate surface area is 147 Å². The molecule has 1 heterocycles. The summed E-state index contributed by atoms with van der Waals surface area (Å²) in [6, 6.07) is 5.90. The highest BCUT2D eigenvalue weighted by molar-refractivity contribution is 6.21. The van der Waals surface area contributed by atoms with E-state index in [-0.39, 0.29) is 0 Å². The van der Waals surface area contributed by atoms with Crippen molar-refractivity contribution in [1.82, 2.24) is 5.32 Å². The third kappa shape index (κ3) is 3.92. The van der Waals surface area contributed by atoms with Gasteiger partial charge in [0.15, 0.2) is 6.04 Å². The Bertz CT molecular complexity index is 638. The molecule has 136 valence electrons. The van der Waals surface area contributed by atoms with Crippen molar-refractivity contribution < 1.29 is 19.1 Å². The lowest BCUT2D eigenvalue weighted by atomic mass is 10.2. The molecule has 0 fully saturated rings. The number of carbonyl (C=O) groups is 3. The van der Waals surface area contributed by atoms with Crippen LogP contribution in [-0.2, 0) is 14.3 Å². The molecule has 1 N–H and O–H groups in total. The minimum absolute atomic E-state index is 0.382. The zero-order chi connectivity index (χ0) is 18.8. The lowest BCUT2D eigenvalue weighted by Gasteiger charge is -2.25. The number of anilines is 2. The molecular weight excluding hydrogens is 322 g/mol. The summed E-state index contributed by atoms with van der Waals surface area (Å²) in [5, 5.41) is 2.43. The van der Waals surface area contributed by atoms with Gasteiger partial charge in [0, 0.05) is 13.1 Å². The quantitative estimate of drug-likeness (QED) is 0.851. The Morgan fingerprint density at radius 3 is 1.84 bits per heavy atom. The molecule has 1 aliphatic heterocycles. The first-order chi connectivity index (χ1) is 11.7. The van der Waals surface area contributed by atoms with Crippen LogP contribution in [0.1, 0.15) is 34.6 Å². The Kier molecular flexibility index (Phi) is 5.35. The molecule has 0 unspecified atom stereocenters. The number of nitrogens with zero attached hydrogens (tertiary/aromatic N) is 2. The summed E-state index contributed by atoms with van der Waals surface area (Å²) in [6.45, 7) is 9.57. The number of fused-ring (bicyclic) bond motifs is 1. The smallest absolute Gasteiger partial charge is 0.408 e. The van der Waals surface area contributed by atoms with Gasteiger partial charge in [-0.05, 0) is 46.8 Å². The molecule has 0 atom stereocenters. The van der Waals surface area contributed by atoms with Crippen molar-refractivity contribution in [3.8, 4) is 0 Å². The van der Waals surface area contributed by atoms with E-state index < -0.39 is 29.6 Å². The van der Waals surface area contributed by atoms with Crippen LogP contribution in [0, 0.1) is 0 Å². The van der Waals surface area contributed by atoms with Crippen LogP contribution >= 0.6 is 0 Å². The average molecular weight is 347 g/mol.